The van der Waals surface area contributed by atoms with Gasteiger partial charge in [-0.25, -0.2) is 0 Å². The van der Waals surface area contributed by atoms with Gasteiger partial charge >= 0.3 is 6.04 Å². The van der Waals surface area contributed by atoms with E-state index in [0.29, 0.717) is 5.57 Å². The second kappa shape index (κ2) is 8.07. The molecule has 0 bridgehead atoms. The molecule has 2 heteroatoms. The number of rotatable bonds is 5. The third-order valence-corrected chi connectivity index (χ3v) is 4.11. The molecule has 0 radical (unpaired) electrons. The largest absolute Gasteiger partial charge is 0.325 e. The van der Waals surface area contributed by atoms with Crippen LogP contribution < -0.4 is 0 Å². The van der Waals surface area contributed by atoms with Gasteiger partial charge in [0.05, 0.1) is 0 Å². The molecular weight excluding hydrogens is 275 g/mol. The van der Waals surface area contributed by atoms with Crippen molar-refractivity contribution >= 4 is 6.04 Å². The number of halogens is 1. The van der Waals surface area contributed by atoms with Crippen LogP contribution in [0.1, 0.15) is 53.9 Å². The normalized spacial score (nSPS) is 20.3. The standard InChI is InChI=1S/C20H27FO/c1-15(8-6-9-16(2)14-19(21)22)11-12-18-17(3)10-7-13-20(18,4)5/h6,8-9,11-12,14H,7,10,13H2,1-5H3/b9-6+,12-11+,15-8-,16-14-. The Morgan fingerprint density at radius 3 is 2.45 bits per heavy atom. The minimum absolute atomic E-state index is 0.246. The van der Waals surface area contributed by atoms with Crippen molar-refractivity contribution < 1.29 is 9.18 Å². The minimum atomic E-state index is -1.41. The molecule has 0 atom stereocenters. The van der Waals surface area contributed by atoms with Crippen LogP contribution in [0.2, 0.25) is 0 Å². The highest BCUT2D eigenvalue weighted by atomic mass is 19.1. The molecule has 22 heavy (non-hydrogen) atoms. The smallest absolute Gasteiger partial charge is 0.256 e. The maximum absolute atomic E-state index is 12.2. The molecule has 0 aromatic rings. The molecule has 0 aromatic carbocycles. The fourth-order valence-corrected chi connectivity index (χ4v) is 2.86. The van der Waals surface area contributed by atoms with E-state index >= 15 is 0 Å². The number of allylic oxidation sites excluding steroid dienone is 10. The van der Waals surface area contributed by atoms with Crippen molar-refractivity contribution in [3.05, 3.63) is 58.7 Å². The van der Waals surface area contributed by atoms with Gasteiger partial charge in [0.15, 0.2) is 0 Å². The third kappa shape index (κ3) is 5.97. The summed E-state index contributed by atoms with van der Waals surface area (Å²) >= 11 is 0. The Morgan fingerprint density at radius 1 is 1.18 bits per heavy atom. The Morgan fingerprint density at radius 2 is 1.86 bits per heavy atom. The highest BCUT2D eigenvalue weighted by Gasteiger charge is 2.26. The van der Waals surface area contributed by atoms with E-state index in [1.807, 2.05) is 19.1 Å². The summed E-state index contributed by atoms with van der Waals surface area (Å²) in [5.41, 5.74) is 4.89. The summed E-state index contributed by atoms with van der Waals surface area (Å²) in [6, 6.07) is -1.41. The second-order valence-corrected chi connectivity index (χ2v) is 6.73. The van der Waals surface area contributed by atoms with Crippen molar-refractivity contribution in [3.63, 3.8) is 0 Å². The number of carbonyl (C=O) groups is 1. The summed E-state index contributed by atoms with van der Waals surface area (Å²) in [5, 5.41) is 0. The summed E-state index contributed by atoms with van der Waals surface area (Å²) in [6.07, 6.45) is 14.5. The zero-order chi connectivity index (χ0) is 16.8. The highest BCUT2D eigenvalue weighted by molar-refractivity contribution is 5.82. The minimum Gasteiger partial charge on any atom is -0.256 e. The lowest BCUT2D eigenvalue weighted by atomic mass is 9.72. The summed E-state index contributed by atoms with van der Waals surface area (Å²) in [4.78, 5) is 10.3. The van der Waals surface area contributed by atoms with Crippen LogP contribution >= 0.6 is 0 Å². The maximum Gasteiger partial charge on any atom is 0.325 e. The summed E-state index contributed by atoms with van der Waals surface area (Å²) in [6.45, 7) is 10.6. The Labute approximate surface area is 134 Å². The lowest BCUT2D eigenvalue weighted by molar-refractivity contribution is -0.124. The lowest BCUT2D eigenvalue weighted by Crippen LogP contribution is -2.19. The fraction of sp³-hybridized carbons (Fsp3) is 0.450. The van der Waals surface area contributed by atoms with Gasteiger partial charge in [0.1, 0.15) is 0 Å². The van der Waals surface area contributed by atoms with Crippen LogP contribution in [0.25, 0.3) is 0 Å². The molecule has 0 N–H and O–H groups in total. The highest BCUT2D eigenvalue weighted by Crippen LogP contribution is 2.40. The molecule has 0 fully saturated rings. The van der Waals surface area contributed by atoms with E-state index in [2.05, 4.69) is 32.9 Å². The van der Waals surface area contributed by atoms with Gasteiger partial charge in [0.25, 0.3) is 0 Å². The van der Waals surface area contributed by atoms with Crippen molar-refractivity contribution in [3.8, 4) is 0 Å². The van der Waals surface area contributed by atoms with Crippen molar-refractivity contribution in [1.29, 1.82) is 0 Å². The van der Waals surface area contributed by atoms with Crippen molar-refractivity contribution in [2.45, 2.75) is 53.9 Å². The Balaban J connectivity index is 2.79. The van der Waals surface area contributed by atoms with Gasteiger partial charge in [-0.05, 0) is 56.6 Å². The van der Waals surface area contributed by atoms with Crippen LogP contribution in [0.3, 0.4) is 0 Å². The average molecular weight is 302 g/mol. The van der Waals surface area contributed by atoms with Crippen LogP contribution in [-0.4, -0.2) is 6.04 Å². The van der Waals surface area contributed by atoms with Crippen molar-refractivity contribution in [2.24, 2.45) is 5.41 Å². The third-order valence-electron chi connectivity index (χ3n) is 4.11. The fourth-order valence-electron chi connectivity index (χ4n) is 2.86. The van der Waals surface area contributed by atoms with Gasteiger partial charge in [-0.2, -0.15) is 4.39 Å². The van der Waals surface area contributed by atoms with Gasteiger partial charge in [-0.3, -0.25) is 4.79 Å². The number of hydrogen-bond donors (Lipinski definition) is 0. The molecule has 0 heterocycles. The molecule has 0 aromatic heterocycles. The van der Waals surface area contributed by atoms with Gasteiger partial charge in [0, 0.05) is 6.08 Å². The van der Waals surface area contributed by atoms with Gasteiger partial charge in [-0.1, -0.05) is 55.4 Å². The predicted molar refractivity (Wildman–Crippen MR) is 92.2 cm³/mol. The molecule has 1 nitrogen and oxygen atoms in total. The van der Waals surface area contributed by atoms with E-state index in [-0.39, 0.29) is 5.41 Å². The molecule has 1 aliphatic rings. The lowest BCUT2D eigenvalue weighted by Gasteiger charge is -2.32. The SMILES string of the molecule is CC1=C(/C=C/C(C)=C\C=C\C(C)=C/C(=O)F)C(C)(C)CCC1. The summed E-state index contributed by atoms with van der Waals surface area (Å²) in [7, 11) is 0. The number of hydrogen-bond acceptors (Lipinski definition) is 1. The molecule has 120 valence electrons. The zero-order valence-electron chi connectivity index (χ0n) is 14.4. The van der Waals surface area contributed by atoms with E-state index in [1.54, 1.807) is 13.0 Å². The van der Waals surface area contributed by atoms with Crippen LogP contribution in [-0.2, 0) is 4.79 Å². The molecule has 0 amide bonds. The monoisotopic (exact) mass is 302 g/mol. The molecule has 0 saturated carbocycles. The molecular formula is C20H27FO. The quantitative estimate of drug-likeness (QED) is 0.345. The van der Waals surface area contributed by atoms with E-state index in [9.17, 15) is 9.18 Å². The van der Waals surface area contributed by atoms with Gasteiger partial charge in [0.2, 0.25) is 0 Å². The molecule has 0 saturated heterocycles. The average Bonchev–Trinajstić information content (AvgIpc) is 2.36. The Bertz CT molecular complexity index is 569. The predicted octanol–water partition coefficient (Wildman–Crippen LogP) is 6.01. The van der Waals surface area contributed by atoms with E-state index in [4.69, 9.17) is 0 Å². The van der Waals surface area contributed by atoms with E-state index < -0.39 is 6.04 Å². The molecule has 1 rings (SSSR count). The second-order valence-electron chi connectivity index (χ2n) is 6.73. The van der Waals surface area contributed by atoms with Crippen molar-refractivity contribution in [2.75, 3.05) is 0 Å². The van der Waals surface area contributed by atoms with Crippen LogP contribution in [0.4, 0.5) is 4.39 Å². The molecule has 0 unspecified atom stereocenters. The van der Waals surface area contributed by atoms with Crippen LogP contribution in [0, 0.1) is 5.41 Å². The van der Waals surface area contributed by atoms with E-state index in [1.165, 1.54) is 30.4 Å². The first-order valence-electron chi connectivity index (χ1n) is 7.83. The first kappa shape index (κ1) is 18.3. The van der Waals surface area contributed by atoms with Crippen LogP contribution in [0.5, 0.6) is 0 Å². The van der Waals surface area contributed by atoms with E-state index in [0.717, 1.165) is 11.6 Å². The van der Waals surface area contributed by atoms with Crippen molar-refractivity contribution in [1.82, 2.24) is 0 Å². The summed E-state index contributed by atoms with van der Waals surface area (Å²) in [5.74, 6) is 0. The zero-order valence-corrected chi connectivity index (χ0v) is 14.4. The first-order valence-corrected chi connectivity index (χ1v) is 7.83. The molecule has 0 aliphatic heterocycles. The Kier molecular flexibility index (Phi) is 6.73. The number of carbonyl (C=O) groups excluding carboxylic acids is 1. The summed E-state index contributed by atoms with van der Waals surface area (Å²) < 4.78 is 12.2. The Hall–Kier alpha value is -1.70. The van der Waals surface area contributed by atoms with Crippen LogP contribution in [0.15, 0.2) is 58.7 Å². The van der Waals surface area contributed by atoms with Gasteiger partial charge < -0.3 is 0 Å². The topological polar surface area (TPSA) is 17.1 Å². The maximum atomic E-state index is 12.2. The van der Waals surface area contributed by atoms with Gasteiger partial charge in [-0.15, -0.1) is 0 Å². The molecule has 1 aliphatic carbocycles. The first-order chi connectivity index (χ1) is 10.2. The molecule has 0 spiro atoms.